The van der Waals surface area contributed by atoms with Crippen molar-refractivity contribution in [3.8, 4) is 0 Å². The summed E-state index contributed by atoms with van der Waals surface area (Å²) in [6.45, 7) is 3.21. The van der Waals surface area contributed by atoms with Crippen LogP contribution in [0.15, 0.2) is 6.07 Å². The SMILES string of the molecule is CCc1nc(N)cc(N2CCC[C@H]3CCCC[C@H]32)n1. The van der Waals surface area contributed by atoms with Crippen LogP contribution in [0.5, 0.6) is 0 Å². The summed E-state index contributed by atoms with van der Waals surface area (Å²) in [6, 6.07) is 2.64. The molecule has 4 nitrogen and oxygen atoms in total. The van der Waals surface area contributed by atoms with Crippen LogP contribution >= 0.6 is 0 Å². The minimum absolute atomic E-state index is 0.611. The molecule has 2 N–H and O–H groups in total. The predicted octanol–water partition coefficient (Wildman–Crippen LogP) is 2.78. The van der Waals surface area contributed by atoms with Crippen molar-refractivity contribution in [1.29, 1.82) is 0 Å². The fourth-order valence-corrected chi connectivity index (χ4v) is 3.72. The summed E-state index contributed by atoms with van der Waals surface area (Å²) in [5.41, 5.74) is 5.93. The molecule has 4 heteroatoms. The molecule has 104 valence electrons. The normalized spacial score (nSPS) is 27.1. The summed E-state index contributed by atoms with van der Waals surface area (Å²) >= 11 is 0. The number of nitrogen functional groups attached to an aromatic ring is 1. The van der Waals surface area contributed by atoms with Crippen molar-refractivity contribution in [2.45, 2.75) is 57.9 Å². The van der Waals surface area contributed by atoms with Crippen LogP contribution in [0.3, 0.4) is 0 Å². The van der Waals surface area contributed by atoms with Gasteiger partial charge in [-0.25, -0.2) is 9.97 Å². The Labute approximate surface area is 115 Å². The van der Waals surface area contributed by atoms with E-state index in [1.54, 1.807) is 0 Å². The van der Waals surface area contributed by atoms with Gasteiger partial charge in [0.1, 0.15) is 17.5 Å². The number of fused-ring (bicyclic) bond motifs is 1. The number of aromatic nitrogens is 2. The number of rotatable bonds is 2. The minimum atomic E-state index is 0.611. The van der Waals surface area contributed by atoms with E-state index < -0.39 is 0 Å². The van der Waals surface area contributed by atoms with Crippen molar-refractivity contribution in [1.82, 2.24) is 9.97 Å². The quantitative estimate of drug-likeness (QED) is 0.888. The lowest BCUT2D eigenvalue weighted by Crippen LogP contribution is -2.47. The lowest BCUT2D eigenvalue weighted by molar-refractivity contribution is 0.242. The molecule has 1 saturated carbocycles. The first-order valence-corrected chi connectivity index (χ1v) is 7.68. The zero-order chi connectivity index (χ0) is 13.2. The number of aryl methyl sites for hydroxylation is 1. The van der Waals surface area contributed by atoms with E-state index in [2.05, 4.69) is 16.8 Å². The molecule has 1 aromatic rings. The molecule has 2 fully saturated rings. The van der Waals surface area contributed by atoms with E-state index >= 15 is 0 Å². The van der Waals surface area contributed by atoms with Crippen molar-refractivity contribution < 1.29 is 0 Å². The van der Waals surface area contributed by atoms with Gasteiger partial charge in [-0.1, -0.05) is 19.8 Å². The van der Waals surface area contributed by atoms with E-state index in [0.29, 0.717) is 11.9 Å². The maximum Gasteiger partial charge on any atom is 0.134 e. The number of nitrogens with two attached hydrogens (primary N) is 1. The molecule has 0 unspecified atom stereocenters. The van der Waals surface area contributed by atoms with Gasteiger partial charge in [0.25, 0.3) is 0 Å². The van der Waals surface area contributed by atoms with Crippen molar-refractivity contribution >= 4 is 11.6 Å². The summed E-state index contributed by atoms with van der Waals surface area (Å²) in [4.78, 5) is 11.5. The largest absolute Gasteiger partial charge is 0.384 e. The molecule has 0 amide bonds. The summed E-state index contributed by atoms with van der Waals surface area (Å²) in [5.74, 6) is 3.40. The Morgan fingerprint density at radius 1 is 1.21 bits per heavy atom. The molecule has 19 heavy (non-hydrogen) atoms. The Kier molecular flexibility index (Phi) is 3.58. The summed E-state index contributed by atoms with van der Waals surface area (Å²) in [5, 5.41) is 0. The van der Waals surface area contributed by atoms with E-state index in [1.807, 2.05) is 6.07 Å². The van der Waals surface area contributed by atoms with Gasteiger partial charge in [-0.3, -0.25) is 0 Å². The molecule has 1 saturated heterocycles. The van der Waals surface area contributed by atoms with Crippen molar-refractivity contribution in [2.75, 3.05) is 17.2 Å². The molecule has 0 aromatic carbocycles. The average Bonchev–Trinajstić information content (AvgIpc) is 2.46. The molecule has 2 heterocycles. The average molecular weight is 260 g/mol. The first-order chi connectivity index (χ1) is 9.28. The Morgan fingerprint density at radius 2 is 2.00 bits per heavy atom. The number of nitrogens with zero attached hydrogens (tertiary/aromatic N) is 3. The standard InChI is InChI=1S/C15H24N4/c1-2-14-17-13(16)10-15(18-14)19-9-5-7-11-6-3-4-8-12(11)19/h10-12H,2-9H2,1H3,(H2,16,17,18)/t11-,12-/m1/s1. The molecule has 0 spiro atoms. The Balaban J connectivity index is 1.89. The van der Waals surface area contributed by atoms with Crippen LogP contribution in [0.4, 0.5) is 11.6 Å². The minimum Gasteiger partial charge on any atom is -0.384 e. The van der Waals surface area contributed by atoms with Crippen molar-refractivity contribution in [3.05, 3.63) is 11.9 Å². The summed E-state index contributed by atoms with van der Waals surface area (Å²) < 4.78 is 0. The third-order valence-electron chi connectivity index (χ3n) is 4.63. The Bertz CT molecular complexity index is 444. The number of piperidine rings is 1. The molecule has 2 aliphatic rings. The summed E-state index contributed by atoms with van der Waals surface area (Å²) in [7, 11) is 0. The molecular formula is C15H24N4. The van der Waals surface area contributed by atoms with E-state index in [9.17, 15) is 0 Å². The highest BCUT2D eigenvalue weighted by Gasteiger charge is 2.34. The molecule has 0 radical (unpaired) electrons. The summed E-state index contributed by atoms with van der Waals surface area (Å²) in [6.07, 6.45) is 8.99. The predicted molar refractivity (Wildman–Crippen MR) is 78.1 cm³/mol. The lowest BCUT2D eigenvalue weighted by atomic mass is 9.78. The van der Waals surface area contributed by atoms with Gasteiger partial charge in [0.2, 0.25) is 0 Å². The van der Waals surface area contributed by atoms with Crippen molar-refractivity contribution in [2.24, 2.45) is 5.92 Å². The van der Waals surface area contributed by atoms with Gasteiger partial charge in [0, 0.05) is 25.1 Å². The van der Waals surface area contributed by atoms with Crippen LogP contribution in [0.1, 0.15) is 51.3 Å². The lowest BCUT2D eigenvalue weighted by Gasteiger charge is -2.44. The Hall–Kier alpha value is -1.32. The van der Waals surface area contributed by atoms with E-state index in [4.69, 9.17) is 10.7 Å². The van der Waals surface area contributed by atoms with Crippen LogP contribution < -0.4 is 10.6 Å². The van der Waals surface area contributed by atoms with Crippen LogP contribution in [0, 0.1) is 5.92 Å². The van der Waals surface area contributed by atoms with Gasteiger partial charge in [-0.15, -0.1) is 0 Å². The number of anilines is 2. The van der Waals surface area contributed by atoms with Gasteiger partial charge in [-0.2, -0.15) is 0 Å². The van der Waals surface area contributed by atoms with Gasteiger partial charge in [0.05, 0.1) is 0 Å². The maximum absolute atomic E-state index is 5.93. The first-order valence-electron chi connectivity index (χ1n) is 7.68. The molecule has 1 aliphatic heterocycles. The van der Waals surface area contributed by atoms with Crippen LogP contribution in [0.2, 0.25) is 0 Å². The molecule has 1 aromatic heterocycles. The molecule has 2 atom stereocenters. The molecule has 1 aliphatic carbocycles. The first kappa shape index (κ1) is 12.7. The van der Waals surface area contributed by atoms with E-state index in [-0.39, 0.29) is 0 Å². The zero-order valence-corrected chi connectivity index (χ0v) is 11.8. The maximum atomic E-state index is 5.93. The third-order valence-corrected chi connectivity index (χ3v) is 4.63. The van der Waals surface area contributed by atoms with Crippen LogP contribution in [0.25, 0.3) is 0 Å². The topological polar surface area (TPSA) is 55.0 Å². The van der Waals surface area contributed by atoms with E-state index in [1.165, 1.54) is 38.5 Å². The number of hydrogen-bond acceptors (Lipinski definition) is 4. The highest BCUT2D eigenvalue weighted by atomic mass is 15.2. The van der Waals surface area contributed by atoms with E-state index in [0.717, 1.165) is 30.5 Å². The second kappa shape index (κ2) is 5.35. The Morgan fingerprint density at radius 3 is 2.84 bits per heavy atom. The zero-order valence-electron chi connectivity index (χ0n) is 11.8. The number of hydrogen-bond donors (Lipinski definition) is 1. The van der Waals surface area contributed by atoms with Gasteiger partial charge >= 0.3 is 0 Å². The molecule has 3 rings (SSSR count). The smallest absolute Gasteiger partial charge is 0.134 e. The second-order valence-electron chi connectivity index (χ2n) is 5.87. The highest BCUT2D eigenvalue weighted by molar-refractivity contribution is 5.48. The fourth-order valence-electron chi connectivity index (χ4n) is 3.72. The second-order valence-corrected chi connectivity index (χ2v) is 5.87. The molecule has 0 bridgehead atoms. The fraction of sp³-hybridized carbons (Fsp3) is 0.733. The van der Waals surface area contributed by atoms with Gasteiger partial charge < -0.3 is 10.6 Å². The monoisotopic (exact) mass is 260 g/mol. The van der Waals surface area contributed by atoms with Crippen LogP contribution in [-0.2, 0) is 6.42 Å². The van der Waals surface area contributed by atoms with Crippen molar-refractivity contribution in [3.63, 3.8) is 0 Å². The molecular weight excluding hydrogens is 236 g/mol. The van der Waals surface area contributed by atoms with Gasteiger partial charge in [0.15, 0.2) is 0 Å². The van der Waals surface area contributed by atoms with Crippen LogP contribution in [-0.4, -0.2) is 22.6 Å². The van der Waals surface area contributed by atoms with Gasteiger partial charge in [-0.05, 0) is 31.6 Å². The highest BCUT2D eigenvalue weighted by Crippen LogP contribution is 2.37. The third kappa shape index (κ3) is 2.53.